The average molecular weight is 465 g/mol. The maximum Gasteiger partial charge on any atom is 0.306 e. The highest BCUT2D eigenvalue weighted by Gasteiger charge is 2.24. The monoisotopic (exact) mass is 464 g/mol. The number of hydrogen-bond donors (Lipinski definition) is 2. The molecule has 0 aliphatic rings. The number of unbranched alkanes of at least 4 members (excludes halogenated alkanes) is 2. The van der Waals surface area contributed by atoms with Crippen LogP contribution in [0.15, 0.2) is 0 Å². The zero-order chi connectivity index (χ0) is 24.4. The van der Waals surface area contributed by atoms with Crippen LogP contribution in [-0.2, 0) is 33.3 Å². The third-order valence-corrected chi connectivity index (χ3v) is 4.79. The van der Waals surface area contributed by atoms with Gasteiger partial charge in [-0.2, -0.15) is 0 Å². The summed E-state index contributed by atoms with van der Waals surface area (Å²) in [6.07, 6.45) is 1.96. The Morgan fingerprint density at radius 3 is 2.22 bits per heavy atom. The molecule has 0 aromatic rings. The molecule has 0 fully saturated rings. The first-order chi connectivity index (χ1) is 15.2. The van der Waals surface area contributed by atoms with Gasteiger partial charge >= 0.3 is 11.9 Å². The lowest BCUT2D eigenvalue weighted by molar-refractivity contribution is -0.155. The van der Waals surface area contributed by atoms with E-state index >= 15 is 0 Å². The van der Waals surface area contributed by atoms with Crippen LogP contribution >= 0.6 is 0 Å². The van der Waals surface area contributed by atoms with Crippen LogP contribution in [0.1, 0.15) is 72.6 Å². The summed E-state index contributed by atoms with van der Waals surface area (Å²) in [6, 6.07) is 0. The van der Waals surface area contributed by atoms with Crippen LogP contribution in [0.2, 0.25) is 0 Å². The molecule has 0 bridgehead atoms. The number of carbonyl (C=O) groups excluding carboxylic acids is 1. The Bertz CT molecular complexity index is 484. The summed E-state index contributed by atoms with van der Waals surface area (Å²) in [6.45, 7) is 8.91. The van der Waals surface area contributed by atoms with E-state index in [0.29, 0.717) is 32.5 Å². The highest BCUT2D eigenvalue weighted by Crippen LogP contribution is 2.15. The Kier molecular flexibility index (Phi) is 18.5. The van der Waals surface area contributed by atoms with Crippen molar-refractivity contribution in [3.8, 4) is 0 Å². The zero-order valence-electron chi connectivity index (χ0n) is 20.4. The molecule has 0 aliphatic heterocycles. The first-order valence-corrected chi connectivity index (χ1v) is 11.6. The van der Waals surface area contributed by atoms with Crippen molar-refractivity contribution in [2.75, 3.05) is 33.5 Å². The number of methoxy groups -OCH3 is 1. The Balaban J connectivity index is 4.42. The number of aliphatic hydroxyl groups excluding tert-OH is 1. The van der Waals surface area contributed by atoms with E-state index in [1.165, 1.54) is 0 Å². The van der Waals surface area contributed by atoms with Crippen molar-refractivity contribution in [3.63, 3.8) is 0 Å². The Labute approximate surface area is 192 Å². The molecule has 9 heteroatoms. The molecule has 0 radical (unpaired) electrons. The van der Waals surface area contributed by atoms with E-state index in [2.05, 4.69) is 6.92 Å². The van der Waals surface area contributed by atoms with Crippen molar-refractivity contribution in [2.45, 2.75) is 103 Å². The summed E-state index contributed by atoms with van der Waals surface area (Å²) in [5, 5.41) is 18.1. The minimum atomic E-state index is -0.868. The van der Waals surface area contributed by atoms with Gasteiger partial charge in [0.15, 0.2) is 0 Å². The number of hydrogen-bond acceptors (Lipinski definition) is 8. The molecule has 0 aromatic carbocycles. The predicted octanol–water partition coefficient (Wildman–Crippen LogP) is 2.96. The van der Waals surface area contributed by atoms with Gasteiger partial charge in [-0.1, -0.05) is 13.3 Å². The first kappa shape index (κ1) is 30.7. The van der Waals surface area contributed by atoms with Crippen molar-refractivity contribution in [1.82, 2.24) is 0 Å². The fourth-order valence-corrected chi connectivity index (χ4v) is 2.92. The summed E-state index contributed by atoms with van der Waals surface area (Å²) < 4.78 is 28.3. The highest BCUT2D eigenvalue weighted by atomic mass is 16.6. The summed E-state index contributed by atoms with van der Waals surface area (Å²) in [5.74, 6) is -1.23. The Hall–Kier alpha value is -1.26. The second kappa shape index (κ2) is 19.2. The van der Waals surface area contributed by atoms with Crippen molar-refractivity contribution >= 4 is 11.9 Å². The second-order valence-corrected chi connectivity index (χ2v) is 8.18. The molecule has 0 amide bonds. The number of aliphatic hydroxyl groups is 1. The molecule has 9 nitrogen and oxygen atoms in total. The average Bonchev–Trinajstić information content (AvgIpc) is 2.73. The van der Waals surface area contributed by atoms with E-state index in [4.69, 9.17) is 28.8 Å². The van der Waals surface area contributed by atoms with E-state index in [9.17, 15) is 14.7 Å². The van der Waals surface area contributed by atoms with Crippen LogP contribution in [0.5, 0.6) is 0 Å². The zero-order valence-corrected chi connectivity index (χ0v) is 20.4. The molecule has 0 aliphatic carbocycles. The number of ether oxygens (including phenoxy) is 5. The van der Waals surface area contributed by atoms with Gasteiger partial charge in [-0.3, -0.25) is 9.59 Å². The summed E-state index contributed by atoms with van der Waals surface area (Å²) in [7, 11) is 1.61. The lowest BCUT2D eigenvalue weighted by Gasteiger charge is -2.28. The Morgan fingerprint density at radius 2 is 1.62 bits per heavy atom. The quantitative estimate of drug-likeness (QED) is 0.195. The maximum absolute atomic E-state index is 11.9. The molecule has 0 heterocycles. The second-order valence-electron chi connectivity index (χ2n) is 8.18. The number of aliphatic carboxylic acids is 1. The summed E-state index contributed by atoms with van der Waals surface area (Å²) in [4.78, 5) is 22.3. The normalized spacial score (nSPS) is 16.2. The van der Waals surface area contributed by atoms with E-state index in [-0.39, 0.29) is 50.3 Å². The van der Waals surface area contributed by atoms with Gasteiger partial charge in [0.1, 0.15) is 6.10 Å². The SMILES string of the molecule is CCCCOCC(CC(OC)C(C)OCC(C)OC(=O)CCCCC(=O)O)OCC(C)O. The van der Waals surface area contributed by atoms with Crippen molar-refractivity contribution in [1.29, 1.82) is 0 Å². The van der Waals surface area contributed by atoms with Crippen LogP contribution in [-0.4, -0.2) is 86.2 Å². The fourth-order valence-electron chi connectivity index (χ4n) is 2.92. The smallest absolute Gasteiger partial charge is 0.306 e. The topological polar surface area (TPSA) is 121 Å². The van der Waals surface area contributed by atoms with Gasteiger partial charge in [0.05, 0.1) is 44.2 Å². The van der Waals surface area contributed by atoms with Gasteiger partial charge in [0.2, 0.25) is 0 Å². The van der Waals surface area contributed by atoms with Crippen LogP contribution in [0.3, 0.4) is 0 Å². The molecule has 0 saturated carbocycles. The van der Waals surface area contributed by atoms with Gasteiger partial charge in [0, 0.05) is 33.0 Å². The van der Waals surface area contributed by atoms with Gasteiger partial charge in [-0.05, 0) is 40.0 Å². The lowest BCUT2D eigenvalue weighted by Crippen LogP contribution is -2.37. The fraction of sp³-hybridized carbons (Fsp3) is 0.913. The van der Waals surface area contributed by atoms with E-state index in [0.717, 1.165) is 12.8 Å². The van der Waals surface area contributed by atoms with Crippen molar-refractivity contribution < 1.29 is 43.5 Å². The number of esters is 1. The standard InChI is InChI=1S/C23H44O9/c1-6-7-12-29-16-20(31-14-17(2)24)13-21(28-5)19(4)30-15-18(3)32-23(27)11-9-8-10-22(25)26/h17-21,24H,6-16H2,1-5H3,(H,25,26). The van der Waals surface area contributed by atoms with E-state index in [1.54, 1.807) is 21.0 Å². The molecule has 0 spiro atoms. The number of carboxylic acid groups (broad SMARTS) is 1. The van der Waals surface area contributed by atoms with Crippen LogP contribution in [0.25, 0.3) is 0 Å². The van der Waals surface area contributed by atoms with Gasteiger partial charge in [-0.15, -0.1) is 0 Å². The molecule has 32 heavy (non-hydrogen) atoms. The number of rotatable bonds is 21. The third kappa shape index (κ3) is 17.3. The molecule has 0 saturated heterocycles. The molecule has 5 atom stereocenters. The molecular weight excluding hydrogens is 420 g/mol. The number of carboxylic acids is 1. The van der Waals surface area contributed by atoms with Gasteiger partial charge < -0.3 is 33.9 Å². The van der Waals surface area contributed by atoms with Gasteiger partial charge in [0.25, 0.3) is 0 Å². The predicted molar refractivity (Wildman–Crippen MR) is 120 cm³/mol. The molecular formula is C23H44O9. The molecule has 2 N–H and O–H groups in total. The van der Waals surface area contributed by atoms with E-state index in [1.807, 2.05) is 6.92 Å². The summed E-state index contributed by atoms with van der Waals surface area (Å²) >= 11 is 0. The molecule has 0 rings (SSSR count). The molecule has 190 valence electrons. The third-order valence-electron chi connectivity index (χ3n) is 4.79. The van der Waals surface area contributed by atoms with Crippen LogP contribution < -0.4 is 0 Å². The summed E-state index contributed by atoms with van der Waals surface area (Å²) in [5.41, 5.74) is 0. The van der Waals surface area contributed by atoms with Crippen molar-refractivity contribution in [2.24, 2.45) is 0 Å². The highest BCUT2D eigenvalue weighted by molar-refractivity contribution is 5.70. The molecule has 0 aromatic heterocycles. The van der Waals surface area contributed by atoms with Crippen molar-refractivity contribution in [3.05, 3.63) is 0 Å². The number of carbonyl (C=O) groups is 2. The minimum Gasteiger partial charge on any atom is -0.481 e. The Morgan fingerprint density at radius 1 is 0.938 bits per heavy atom. The van der Waals surface area contributed by atoms with Crippen LogP contribution in [0.4, 0.5) is 0 Å². The van der Waals surface area contributed by atoms with E-state index < -0.39 is 18.2 Å². The minimum absolute atomic E-state index is 0.0490. The molecule has 5 unspecified atom stereocenters. The van der Waals surface area contributed by atoms with Crippen LogP contribution in [0, 0.1) is 0 Å². The first-order valence-electron chi connectivity index (χ1n) is 11.6. The largest absolute Gasteiger partial charge is 0.481 e. The lowest BCUT2D eigenvalue weighted by atomic mass is 10.1. The van der Waals surface area contributed by atoms with Gasteiger partial charge in [-0.25, -0.2) is 0 Å². The maximum atomic E-state index is 11.9.